The highest BCUT2D eigenvalue weighted by molar-refractivity contribution is 6.45. The van der Waals surface area contributed by atoms with Crippen LogP contribution in [0.15, 0.2) is 12.1 Å². The first-order valence-electron chi connectivity index (χ1n) is 5.96. The Hall–Kier alpha value is -1.39. The molecule has 1 aliphatic rings. The summed E-state index contributed by atoms with van der Waals surface area (Å²) in [6, 6.07) is 3.26. The molecule has 100 valence electrons. The zero-order chi connectivity index (χ0) is 13.7. The van der Waals surface area contributed by atoms with Crippen molar-refractivity contribution in [1.82, 2.24) is 9.88 Å². The highest BCUT2D eigenvalue weighted by atomic mass is 35.5. The van der Waals surface area contributed by atoms with Gasteiger partial charge in [0.2, 0.25) is 5.91 Å². The number of nitrogens with zero attached hydrogens (tertiary/aromatic N) is 1. The molecule has 2 aromatic rings. The summed E-state index contributed by atoms with van der Waals surface area (Å²) < 4.78 is 2.00. The molecule has 0 spiro atoms. The van der Waals surface area contributed by atoms with Crippen molar-refractivity contribution in [3.05, 3.63) is 27.9 Å². The fourth-order valence-corrected chi connectivity index (χ4v) is 3.15. The number of aryl methyl sites for hydroxylation is 1. The SMILES string of the molecule is CC(=O)N[C@H]1CCn2c1cc1c(O)cc(Cl)c(Cl)c12. The Balaban J connectivity index is 2.22. The summed E-state index contributed by atoms with van der Waals surface area (Å²) >= 11 is 12.2. The molecule has 0 bridgehead atoms. The largest absolute Gasteiger partial charge is 0.507 e. The number of hydrogen-bond donors (Lipinski definition) is 2. The van der Waals surface area contributed by atoms with Crippen LogP contribution in [0, 0.1) is 0 Å². The molecule has 1 amide bonds. The summed E-state index contributed by atoms with van der Waals surface area (Å²) in [6.45, 7) is 2.23. The maximum atomic E-state index is 11.2. The second kappa shape index (κ2) is 4.32. The lowest BCUT2D eigenvalue weighted by Gasteiger charge is -2.09. The lowest BCUT2D eigenvalue weighted by atomic mass is 10.1. The van der Waals surface area contributed by atoms with Crippen LogP contribution in [0.5, 0.6) is 5.75 Å². The van der Waals surface area contributed by atoms with Gasteiger partial charge in [0, 0.05) is 30.6 Å². The summed E-state index contributed by atoms with van der Waals surface area (Å²) in [5, 5.41) is 14.3. The van der Waals surface area contributed by atoms with Gasteiger partial charge in [-0.15, -0.1) is 0 Å². The molecular weight excluding hydrogens is 287 g/mol. The van der Waals surface area contributed by atoms with Crippen molar-refractivity contribution in [2.75, 3.05) is 0 Å². The van der Waals surface area contributed by atoms with E-state index in [1.165, 1.54) is 13.0 Å². The molecule has 2 N–H and O–H groups in total. The highest BCUT2D eigenvalue weighted by Gasteiger charge is 2.27. The van der Waals surface area contributed by atoms with Gasteiger partial charge in [0.05, 0.1) is 21.6 Å². The second-order valence-electron chi connectivity index (χ2n) is 4.72. The molecule has 6 heteroatoms. The molecule has 0 radical (unpaired) electrons. The van der Waals surface area contributed by atoms with E-state index in [0.29, 0.717) is 15.4 Å². The maximum absolute atomic E-state index is 11.2. The van der Waals surface area contributed by atoms with Crippen LogP contribution in [0.25, 0.3) is 10.9 Å². The molecule has 0 saturated heterocycles. The number of amides is 1. The van der Waals surface area contributed by atoms with Gasteiger partial charge in [0.15, 0.2) is 0 Å². The standard InChI is InChI=1S/C13H12Cl2N2O2/c1-6(18)16-9-2-3-17-10(9)4-7-11(19)5-8(14)12(15)13(7)17/h4-5,9,19H,2-3H2,1H3,(H,16,18)/t9-/m0/s1. The minimum atomic E-state index is -0.0722. The van der Waals surface area contributed by atoms with Gasteiger partial charge in [-0.25, -0.2) is 0 Å². The van der Waals surface area contributed by atoms with Crippen molar-refractivity contribution in [1.29, 1.82) is 0 Å². The monoisotopic (exact) mass is 298 g/mol. The van der Waals surface area contributed by atoms with Crippen LogP contribution in [-0.2, 0) is 11.3 Å². The average Bonchev–Trinajstić information content (AvgIpc) is 2.86. The molecule has 0 unspecified atom stereocenters. The Kier molecular flexibility index (Phi) is 2.87. The van der Waals surface area contributed by atoms with E-state index in [4.69, 9.17) is 23.2 Å². The first-order chi connectivity index (χ1) is 8.99. The van der Waals surface area contributed by atoms with Crippen molar-refractivity contribution in [3.63, 3.8) is 0 Å². The first-order valence-corrected chi connectivity index (χ1v) is 6.72. The molecule has 1 aliphatic heterocycles. The van der Waals surface area contributed by atoms with E-state index in [9.17, 15) is 9.90 Å². The minimum absolute atomic E-state index is 0.0425. The number of aromatic nitrogens is 1. The third-order valence-electron chi connectivity index (χ3n) is 3.46. The van der Waals surface area contributed by atoms with Gasteiger partial charge < -0.3 is 15.0 Å². The van der Waals surface area contributed by atoms with Crippen molar-refractivity contribution in [3.8, 4) is 5.75 Å². The van der Waals surface area contributed by atoms with E-state index in [0.717, 1.165) is 24.2 Å². The fourth-order valence-electron chi connectivity index (χ4n) is 2.70. The number of nitrogens with one attached hydrogen (secondary N) is 1. The first kappa shape index (κ1) is 12.6. The van der Waals surface area contributed by atoms with E-state index in [1.54, 1.807) is 0 Å². The van der Waals surface area contributed by atoms with Crippen molar-refractivity contribution in [2.45, 2.75) is 25.9 Å². The molecule has 3 rings (SSSR count). The van der Waals surface area contributed by atoms with Gasteiger partial charge in [0.1, 0.15) is 5.75 Å². The van der Waals surface area contributed by atoms with E-state index in [2.05, 4.69) is 5.32 Å². The van der Waals surface area contributed by atoms with E-state index >= 15 is 0 Å². The summed E-state index contributed by atoms with van der Waals surface area (Å²) in [4.78, 5) is 11.2. The molecule has 0 saturated carbocycles. The van der Waals surface area contributed by atoms with Crippen LogP contribution in [0.1, 0.15) is 25.1 Å². The van der Waals surface area contributed by atoms with Crippen molar-refractivity contribution >= 4 is 40.0 Å². The van der Waals surface area contributed by atoms with Crippen LogP contribution in [0.4, 0.5) is 0 Å². The molecule has 19 heavy (non-hydrogen) atoms. The van der Waals surface area contributed by atoms with E-state index in [-0.39, 0.29) is 17.7 Å². The smallest absolute Gasteiger partial charge is 0.217 e. The van der Waals surface area contributed by atoms with Crippen LogP contribution in [0.3, 0.4) is 0 Å². The Morgan fingerprint density at radius 3 is 2.89 bits per heavy atom. The molecule has 2 heterocycles. The number of fused-ring (bicyclic) bond motifs is 3. The number of carbonyl (C=O) groups is 1. The quantitative estimate of drug-likeness (QED) is 0.849. The number of rotatable bonds is 1. The average molecular weight is 299 g/mol. The molecule has 0 aliphatic carbocycles. The Morgan fingerprint density at radius 2 is 2.21 bits per heavy atom. The zero-order valence-corrected chi connectivity index (χ0v) is 11.7. The van der Waals surface area contributed by atoms with Gasteiger partial charge in [0.25, 0.3) is 0 Å². The summed E-state index contributed by atoms with van der Waals surface area (Å²) in [6.07, 6.45) is 0.814. The number of aromatic hydroxyl groups is 1. The third kappa shape index (κ3) is 1.86. The van der Waals surface area contributed by atoms with Crippen LogP contribution >= 0.6 is 23.2 Å². The number of carbonyl (C=O) groups excluding carboxylic acids is 1. The number of phenols is 1. The van der Waals surface area contributed by atoms with E-state index < -0.39 is 0 Å². The molecule has 1 atom stereocenters. The van der Waals surface area contributed by atoms with Gasteiger partial charge >= 0.3 is 0 Å². The fraction of sp³-hybridized carbons (Fsp3) is 0.308. The predicted octanol–water partition coefficient (Wildman–Crippen LogP) is 3.23. The van der Waals surface area contributed by atoms with Crippen molar-refractivity contribution < 1.29 is 9.90 Å². The van der Waals surface area contributed by atoms with Gasteiger partial charge in [-0.1, -0.05) is 23.2 Å². The lowest BCUT2D eigenvalue weighted by molar-refractivity contribution is -0.119. The summed E-state index contributed by atoms with van der Waals surface area (Å²) in [5.74, 6) is 0.0323. The summed E-state index contributed by atoms with van der Waals surface area (Å²) in [7, 11) is 0. The second-order valence-corrected chi connectivity index (χ2v) is 5.50. The Labute approximate surface area is 119 Å². The number of phenolic OH excluding ortho intramolecular Hbond substituents is 1. The molecule has 4 nitrogen and oxygen atoms in total. The Morgan fingerprint density at radius 1 is 1.47 bits per heavy atom. The van der Waals surface area contributed by atoms with Crippen LogP contribution in [0.2, 0.25) is 10.0 Å². The predicted molar refractivity (Wildman–Crippen MR) is 74.8 cm³/mol. The number of hydrogen-bond acceptors (Lipinski definition) is 2. The van der Waals surface area contributed by atoms with Crippen LogP contribution in [-0.4, -0.2) is 15.6 Å². The normalized spacial score (nSPS) is 17.7. The molecule has 1 aromatic carbocycles. The van der Waals surface area contributed by atoms with Gasteiger partial charge in [-0.3, -0.25) is 4.79 Å². The lowest BCUT2D eigenvalue weighted by Crippen LogP contribution is -2.24. The van der Waals surface area contributed by atoms with Gasteiger partial charge in [-0.05, 0) is 12.5 Å². The summed E-state index contributed by atoms with van der Waals surface area (Å²) in [5.41, 5.74) is 1.68. The van der Waals surface area contributed by atoms with Crippen LogP contribution < -0.4 is 5.32 Å². The van der Waals surface area contributed by atoms with E-state index in [1.807, 2.05) is 10.6 Å². The topological polar surface area (TPSA) is 54.3 Å². The number of halogens is 2. The molecule has 1 aromatic heterocycles. The minimum Gasteiger partial charge on any atom is -0.507 e. The Bertz CT molecular complexity index is 694. The van der Waals surface area contributed by atoms with Crippen molar-refractivity contribution in [2.24, 2.45) is 0 Å². The zero-order valence-electron chi connectivity index (χ0n) is 10.2. The maximum Gasteiger partial charge on any atom is 0.217 e. The van der Waals surface area contributed by atoms with Gasteiger partial charge in [-0.2, -0.15) is 0 Å². The molecular formula is C13H12Cl2N2O2. The number of benzene rings is 1. The highest BCUT2D eigenvalue weighted by Crippen LogP contribution is 2.42. The molecule has 0 fully saturated rings. The third-order valence-corrected chi connectivity index (χ3v) is 4.24.